The van der Waals surface area contributed by atoms with Crippen LogP contribution in [0.4, 0.5) is 5.82 Å². The van der Waals surface area contributed by atoms with E-state index < -0.39 is 5.54 Å². The highest BCUT2D eigenvalue weighted by molar-refractivity contribution is 5.93. The zero-order chi connectivity index (χ0) is 27.6. The highest BCUT2D eigenvalue weighted by Crippen LogP contribution is 2.43. The van der Waals surface area contributed by atoms with E-state index >= 15 is 0 Å². The van der Waals surface area contributed by atoms with Crippen molar-refractivity contribution in [1.82, 2.24) is 19.7 Å². The molecule has 3 aromatic heterocycles. The largest absolute Gasteiger partial charge is 0.378 e. The number of nitrogens with one attached hydrogen (secondary N) is 1. The monoisotopic (exact) mass is 539 g/mol. The summed E-state index contributed by atoms with van der Waals surface area (Å²) in [4.78, 5) is 22.5. The maximum atomic E-state index is 12.7. The number of H-pyrrole nitrogens is 1. The zero-order valence-electron chi connectivity index (χ0n) is 22.5. The van der Waals surface area contributed by atoms with E-state index in [-0.39, 0.29) is 5.56 Å². The number of nitrogens with zero attached hydrogens (tertiary/aromatic N) is 4. The second-order valence-electron chi connectivity index (χ2n) is 10.2. The molecule has 3 aromatic carbocycles. The van der Waals surface area contributed by atoms with Gasteiger partial charge in [0.15, 0.2) is 0 Å². The predicted molar refractivity (Wildman–Crippen MR) is 161 cm³/mol. The van der Waals surface area contributed by atoms with E-state index in [1.54, 1.807) is 12.3 Å². The topological polar surface area (TPSA) is 76.0 Å². The molecule has 6 aromatic rings. The molecular formula is C34H29N5O2. The molecule has 4 heterocycles. The summed E-state index contributed by atoms with van der Waals surface area (Å²) >= 11 is 0. The van der Waals surface area contributed by atoms with Crippen LogP contribution in [0.5, 0.6) is 0 Å². The molecule has 0 atom stereocenters. The first-order valence-corrected chi connectivity index (χ1v) is 13.8. The molecule has 202 valence electrons. The maximum absolute atomic E-state index is 12.7. The van der Waals surface area contributed by atoms with Crippen molar-refractivity contribution in [2.45, 2.75) is 5.54 Å². The van der Waals surface area contributed by atoms with E-state index in [2.05, 4.69) is 98.4 Å². The van der Waals surface area contributed by atoms with Crippen LogP contribution in [0.2, 0.25) is 0 Å². The standard InChI is InChI=1S/C34H29N5O2/c40-32-23-29-30(24-36-32)39(37-33(29)25-16-17-35-31(22-25)38-18-20-41-21-19-38)34(26-10-4-1-5-11-26,27-12-6-2-7-13-27)28-14-8-3-9-15-28/h1-17,22-24H,18-21H2,(H,36,40). The molecule has 7 rings (SSSR count). The van der Waals surface area contributed by atoms with Gasteiger partial charge in [-0.2, -0.15) is 5.10 Å². The summed E-state index contributed by atoms with van der Waals surface area (Å²) < 4.78 is 7.62. The molecule has 0 amide bonds. The summed E-state index contributed by atoms with van der Waals surface area (Å²) in [5, 5.41) is 6.15. The van der Waals surface area contributed by atoms with Crippen LogP contribution in [0.25, 0.3) is 22.2 Å². The van der Waals surface area contributed by atoms with Gasteiger partial charge in [-0.05, 0) is 28.8 Å². The smallest absolute Gasteiger partial charge is 0.248 e. The Bertz CT molecular complexity index is 1750. The fourth-order valence-corrected chi connectivity index (χ4v) is 5.94. The van der Waals surface area contributed by atoms with E-state index in [1.165, 1.54) is 0 Å². The van der Waals surface area contributed by atoms with Gasteiger partial charge in [-0.1, -0.05) is 91.0 Å². The number of aromatic nitrogens is 4. The number of aromatic amines is 1. The number of pyridine rings is 2. The summed E-state index contributed by atoms with van der Waals surface area (Å²) in [6.07, 6.45) is 3.60. The number of hydrogen-bond acceptors (Lipinski definition) is 5. The SMILES string of the molecule is O=c1cc2c(-c3ccnc(N4CCOCC4)c3)nn(C(c3ccccc3)(c3ccccc3)c3ccccc3)c2c[nH]1. The molecule has 1 aliphatic rings. The van der Waals surface area contributed by atoms with Crippen LogP contribution in [-0.4, -0.2) is 46.1 Å². The van der Waals surface area contributed by atoms with Gasteiger partial charge in [0.1, 0.15) is 17.1 Å². The van der Waals surface area contributed by atoms with Crippen molar-refractivity contribution in [2.75, 3.05) is 31.2 Å². The normalized spacial score (nSPS) is 13.9. The first-order chi connectivity index (χ1) is 20.2. The fourth-order valence-electron chi connectivity index (χ4n) is 5.94. The third-order valence-corrected chi connectivity index (χ3v) is 7.83. The molecule has 1 N–H and O–H groups in total. The van der Waals surface area contributed by atoms with E-state index in [0.717, 1.165) is 57.8 Å². The Morgan fingerprint density at radius 3 is 1.93 bits per heavy atom. The molecule has 0 bridgehead atoms. The van der Waals surface area contributed by atoms with Crippen molar-refractivity contribution in [3.63, 3.8) is 0 Å². The number of rotatable bonds is 6. The molecule has 1 fully saturated rings. The van der Waals surface area contributed by atoms with Gasteiger partial charge in [0.2, 0.25) is 5.56 Å². The minimum absolute atomic E-state index is 0.175. The van der Waals surface area contributed by atoms with Gasteiger partial charge < -0.3 is 14.6 Å². The van der Waals surface area contributed by atoms with Crippen molar-refractivity contribution < 1.29 is 4.74 Å². The van der Waals surface area contributed by atoms with E-state index in [9.17, 15) is 4.79 Å². The molecule has 0 spiro atoms. The lowest BCUT2D eigenvalue weighted by Crippen LogP contribution is -2.38. The summed E-state index contributed by atoms with van der Waals surface area (Å²) in [5.41, 5.74) is 4.63. The average molecular weight is 540 g/mol. The van der Waals surface area contributed by atoms with Crippen molar-refractivity contribution in [1.29, 1.82) is 0 Å². The molecule has 0 unspecified atom stereocenters. The molecule has 1 aliphatic heterocycles. The Labute approximate surface area is 237 Å². The van der Waals surface area contributed by atoms with Crippen LogP contribution in [-0.2, 0) is 10.3 Å². The molecule has 1 saturated heterocycles. The Hall–Kier alpha value is -5.01. The lowest BCUT2D eigenvalue weighted by atomic mass is 9.77. The molecule has 7 heteroatoms. The first-order valence-electron chi connectivity index (χ1n) is 13.8. The number of hydrogen-bond donors (Lipinski definition) is 1. The number of anilines is 1. The van der Waals surface area contributed by atoms with Gasteiger partial charge in [0, 0.05) is 42.5 Å². The molecular weight excluding hydrogens is 510 g/mol. The van der Waals surface area contributed by atoms with Gasteiger partial charge in [-0.15, -0.1) is 0 Å². The lowest BCUT2D eigenvalue weighted by molar-refractivity contribution is 0.122. The maximum Gasteiger partial charge on any atom is 0.248 e. The summed E-state index contributed by atoms with van der Waals surface area (Å²) in [6, 6.07) is 36.9. The van der Waals surface area contributed by atoms with Crippen LogP contribution < -0.4 is 10.5 Å². The third kappa shape index (κ3) is 4.31. The lowest BCUT2D eigenvalue weighted by Gasteiger charge is -2.37. The molecule has 7 nitrogen and oxygen atoms in total. The first kappa shape index (κ1) is 25.0. The molecule has 0 aliphatic carbocycles. The quantitative estimate of drug-likeness (QED) is 0.285. The van der Waals surface area contributed by atoms with Crippen LogP contribution in [0.3, 0.4) is 0 Å². The summed E-state index contributed by atoms with van der Waals surface area (Å²) in [5.74, 6) is 0.874. The predicted octanol–water partition coefficient (Wildman–Crippen LogP) is 5.46. The van der Waals surface area contributed by atoms with Crippen molar-refractivity contribution in [3.8, 4) is 11.3 Å². The van der Waals surface area contributed by atoms with Crippen molar-refractivity contribution in [3.05, 3.63) is 149 Å². The Balaban J connectivity index is 1.55. The summed E-state index contributed by atoms with van der Waals surface area (Å²) in [6.45, 7) is 2.91. The van der Waals surface area contributed by atoms with E-state index in [4.69, 9.17) is 9.84 Å². The van der Waals surface area contributed by atoms with Crippen LogP contribution in [0, 0.1) is 0 Å². The highest BCUT2D eigenvalue weighted by atomic mass is 16.5. The number of fused-ring (bicyclic) bond motifs is 1. The second-order valence-corrected chi connectivity index (χ2v) is 10.2. The number of morpholine rings is 1. The van der Waals surface area contributed by atoms with Crippen LogP contribution in [0.1, 0.15) is 16.7 Å². The van der Waals surface area contributed by atoms with Gasteiger partial charge in [0.25, 0.3) is 0 Å². The minimum atomic E-state index is -0.821. The molecule has 0 radical (unpaired) electrons. The fraction of sp³-hybridized carbons (Fsp3) is 0.147. The van der Waals surface area contributed by atoms with Crippen LogP contribution >= 0.6 is 0 Å². The highest BCUT2D eigenvalue weighted by Gasteiger charge is 2.41. The van der Waals surface area contributed by atoms with Crippen LogP contribution in [0.15, 0.2) is 126 Å². The molecule has 41 heavy (non-hydrogen) atoms. The minimum Gasteiger partial charge on any atom is -0.378 e. The van der Waals surface area contributed by atoms with E-state index in [0.29, 0.717) is 13.2 Å². The average Bonchev–Trinajstić information content (AvgIpc) is 3.42. The Morgan fingerprint density at radius 2 is 1.34 bits per heavy atom. The van der Waals surface area contributed by atoms with E-state index in [1.807, 2.05) is 30.5 Å². The number of ether oxygens (including phenoxy) is 1. The summed E-state index contributed by atoms with van der Waals surface area (Å²) in [7, 11) is 0. The Morgan fingerprint density at radius 1 is 0.756 bits per heavy atom. The number of benzene rings is 3. The van der Waals surface area contributed by atoms with Crippen molar-refractivity contribution in [2.24, 2.45) is 0 Å². The molecule has 0 saturated carbocycles. The van der Waals surface area contributed by atoms with Crippen molar-refractivity contribution >= 4 is 16.7 Å². The van der Waals surface area contributed by atoms with Gasteiger partial charge >= 0.3 is 0 Å². The zero-order valence-corrected chi connectivity index (χ0v) is 22.5. The van der Waals surface area contributed by atoms with Gasteiger partial charge in [-0.25, -0.2) is 9.67 Å². The second kappa shape index (κ2) is 10.5. The van der Waals surface area contributed by atoms with Gasteiger partial charge in [0.05, 0.1) is 18.7 Å². The van der Waals surface area contributed by atoms with Gasteiger partial charge in [-0.3, -0.25) is 4.79 Å². The Kier molecular flexibility index (Phi) is 6.41. The third-order valence-electron chi connectivity index (χ3n) is 7.83.